The molecule has 0 N–H and O–H groups in total. The Morgan fingerprint density at radius 3 is 2.45 bits per heavy atom. The lowest BCUT2D eigenvalue weighted by Gasteiger charge is -2.17. The van der Waals surface area contributed by atoms with Crippen LogP contribution in [0.5, 0.6) is 0 Å². The molecular weight excluding hydrogens is 292 g/mol. The van der Waals surface area contributed by atoms with Crippen LogP contribution in [0, 0.1) is 0 Å². The van der Waals surface area contributed by atoms with E-state index < -0.39 is 0 Å². The molecule has 4 nitrogen and oxygen atoms in total. The second-order valence-corrected chi connectivity index (χ2v) is 6.30. The maximum absolute atomic E-state index is 4.33. The van der Waals surface area contributed by atoms with E-state index in [1.807, 2.05) is 35.8 Å². The third-order valence-corrected chi connectivity index (χ3v) is 4.71. The Balaban J connectivity index is 1.51. The molecule has 22 heavy (non-hydrogen) atoms. The number of benzene rings is 2. The van der Waals surface area contributed by atoms with Crippen molar-refractivity contribution in [3.05, 3.63) is 48.0 Å². The number of hydrogen-bond acceptors (Lipinski definition) is 5. The quantitative estimate of drug-likeness (QED) is 0.615. The molecule has 0 bridgehead atoms. The van der Waals surface area contributed by atoms with Crippen LogP contribution in [0.15, 0.2) is 58.2 Å². The number of hydrogen-bond donors (Lipinski definition) is 0. The fourth-order valence-electron chi connectivity index (χ4n) is 2.73. The Bertz CT molecular complexity index is 801. The molecule has 1 saturated heterocycles. The third kappa shape index (κ3) is 2.72. The van der Waals surface area contributed by atoms with Crippen molar-refractivity contribution in [1.29, 1.82) is 0 Å². The van der Waals surface area contributed by atoms with Crippen LogP contribution >= 0.6 is 11.3 Å². The summed E-state index contributed by atoms with van der Waals surface area (Å²) in [5.41, 5.74) is 5.89. The summed E-state index contributed by atoms with van der Waals surface area (Å²) >= 11 is 1.62. The molecule has 1 aliphatic heterocycles. The predicted octanol–water partition coefficient (Wildman–Crippen LogP) is 5.31. The average Bonchev–Trinajstić information content (AvgIpc) is 3.24. The van der Waals surface area contributed by atoms with Gasteiger partial charge in [-0.3, -0.25) is 0 Å². The van der Waals surface area contributed by atoms with Gasteiger partial charge in [0.05, 0.1) is 27.1 Å². The molecule has 0 radical (unpaired) electrons. The van der Waals surface area contributed by atoms with Gasteiger partial charge in [0, 0.05) is 18.8 Å². The minimum absolute atomic E-state index is 0.861. The van der Waals surface area contributed by atoms with Gasteiger partial charge in [-0.15, -0.1) is 11.3 Å². The lowest BCUT2D eigenvalue weighted by atomic mass is 10.2. The first-order valence-corrected chi connectivity index (χ1v) is 8.36. The Labute approximate surface area is 133 Å². The monoisotopic (exact) mass is 308 g/mol. The lowest BCUT2D eigenvalue weighted by molar-refractivity contribution is 0.949. The van der Waals surface area contributed by atoms with Crippen LogP contribution in [0.4, 0.5) is 17.1 Å². The summed E-state index contributed by atoms with van der Waals surface area (Å²) in [6.45, 7) is 2.32. The zero-order chi connectivity index (χ0) is 14.8. The van der Waals surface area contributed by atoms with Gasteiger partial charge >= 0.3 is 0 Å². The van der Waals surface area contributed by atoms with Crippen LogP contribution in [-0.4, -0.2) is 18.1 Å². The van der Waals surface area contributed by atoms with Crippen LogP contribution < -0.4 is 4.90 Å². The molecule has 0 atom stereocenters. The maximum atomic E-state index is 4.33. The van der Waals surface area contributed by atoms with Crippen LogP contribution in [-0.2, 0) is 0 Å². The molecule has 4 rings (SSSR count). The largest absolute Gasteiger partial charge is 0.372 e. The van der Waals surface area contributed by atoms with Gasteiger partial charge in [-0.2, -0.15) is 10.2 Å². The molecule has 2 aromatic carbocycles. The number of azo groups is 1. The summed E-state index contributed by atoms with van der Waals surface area (Å²) in [4.78, 5) is 6.68. The molecule has 3 aromatic rings. The molecular formula is C17H16N4S. The van der Waals surface area contributed by atoms with E-state index in [4.69, 9.17) is 0 Å². The molecule has 2 heterocycles. The van der Waals surface area contributed by atoms with E-state index in [1.165, 1.54) is 18.5 Å². The van der Waals surface area contributed by atoms with E-state index in [0.717, 1.165) is 34.7 Å². The Morgan fingerprint density at radius 1 is 0.909 bits per heavy atom. The average molecular weight is 308 g/mol. The highest BCUT2D eigenvalue weighted by Gasteiger charge is 2.11. The van der Waals surface area contributed by atoms with Crippen molar-refractivity contribution in [3.63, 3.8) is 0 Å². The fourth-order valence-corrected chi connectivity index (χ4v) is 3.44. The highest BCUT2D eigenvalue weighted by atomic mass is 32.1. The number of nitrogens with zero attached hydrogens (tertiary/aromatic N) is 4. The van der Waals surface area contributed by atoms with Crippen LogP contribution in [0.25, 0.3) is 10.2 Å². The standard InChI is InChI=1S/C17H16N4S/c1-2-10-21(9-1)15-6-3-13(4-7-15)19-20-14-5-8-16-17(11-14)22-12-18-16/h3-8,11-12H,1-2,9-10H2. The molecule has 110 valence electrons. The van der Waals surface area contributed by atoms with E-state index in [0.29, 0.717) is 0 Å². The SMILES string of the molecule is c1nc2ccc(N=Nc3ccc(N4CCCC4)cc3)cc2s1. The summed E-state index contributed by atoms with van der Waals surface area (Å²) in [6, 6.07) is 14.3. The van der Waals surface area contributed by atoms with Crippen molar-refractivity contribution >= 4 is 38.6 Å². The van der Waals surface area contributed by atoms with Crippen molar-refractivity contribution in [1.82, 2.24) is 4.98 Å². The summed E-state index contributed by atoms with van der Waals surface area (Å²) < 4.78 is 1.14. The van der Waals surface area contributed by atoms with Gasteiger partial charge in [-0.1, -0.05) is 0 Å². The fraction of sp³-hybridized carbons (Fsp3) is 0.235. The number of fused-ring (bicyclic) bond motifs is 1. The van der Waals surface area contributed by atoms with Crippen LogP contribution in [0.1, 0.15) is 12.8 Å². The second-order valence-electron chi connectivity index (χ2n) is 5.41. The van der Waals surface area contributed by atoms with Crippen LogP contribution in [0.3, 0.4) is 0 Å². The Kier molecular flexibility index (Phi) is 3.56. The number of rotatable bonds is 3. The van der Waals surface area contributed by atoms with Gasteiger partial charge in [0.2, 0.25) is 0 Å². The summed E-state index contributed by atoms with van der Waals surface area (Å²) in [7, 11) is 0. The Morgan fingerprint density at radius 2 is 1.64 bits per heavy atom. The normalized spacial score (nSPS) is 15.2. The lowest BCUT2D eigenvalue weighted by Crippen LogP contribution is -2.17. The number of thiazole rings is 1. The Hall–Kier alpha value is -2.27. The maximum Gasteiger partial charge on any atom is 0.0872 e. The van der Waals surface area contributed by atoms with Crippen molar-refractivity contribution in [2.75, 3.05) is 18.0 Å². The highest BCUT2D eigenvalue weighted by molar-refractivity contribution is 7.16. The van der Waals surface area contributed by atoms with Gasteiger partial charge < -0.3 is 4.90 Å². The molecule has 1 fully saturated rings. The molecule has 1 aliphatic rings. The minimum atomic E-state index is 0.861. The van der Waals surface area contributed by atoms with Crippen molar-refractivity contribution in [2.24, 2.45) is 10.2 Å². The summed E-state index contributed by atoms with van der Waals surface area (Å²) in [5, 5.41) is 8.65. The molecule has 0 saturated carbocycles. The zero-order valence-electron chi connectivity index (χ0n) is 12.1. The van der Waals surface area contributed by atoms with Gasteiger partial charge in [-0.25, -0.2) is 4.98 Å². The molecule has 1 aromatic heterocycles. The molecule has 5 heteroatoms. The summed E-state index contributed by atoms with van der Waals surface area (Å²) in [6.07, 6.45) is 2.59. The number of anilines is 1. The second kappa shape index (κ2) is 5.85. The van der Waals surface area contributed by atoms with E-state index in [1.54, 1.807) is 11.3 Å². The van der Waals surface area contributed by atoms with E-state index >= 15 is 0 Å². The first-order chi connectivity index (χ1) is 10.9. The van der Waals surface area contributed by atoms with Crippen LogP contribution in [0.2, 0.25) is 0 Å². The van der Waals surface area contributed by atoms with Gasteiger partial charge in [-0.05, 0) is 55.3 Å². The van der Waals surface area contributed by atoms with Gasteiger partial charge in [0.1, 0.15) is 0 Å². The minimum Gasteiger partial charge on any atom is -0.372 e. The van der Waals surface area contributed by atoms with E-state index in [2.05, 4.69) is 32.2 Å². The molecule has 0 amide bonds. The zero-order valence-corrected chi connectivity index (χ0v) is 13.0. The highest BCUT2D eigenvalue weighted by Crippen LogP contribution is 2.27. The molecule has 0 aliphatic carbocycles. The first-order valence-electron chi connectivity index (χ1n) is 7.48. The van der Waals surface area contributed by atoms with Gasteiger partial charge in [0.25, 0.3) is 0 Å². The van der Waals surface area contributed by atoms with E-state index in [9.17, 15) is 0 Å². The molecule has 0 unspecified atom stereocenters. The van der Waals surface area contributed by atoms with Crippen molar-refractivity contribution in [3.8, 4) is 0 Å². The van der Waals surface area contributed by atoms with Gasteiger partial charge in [0.15, 0.2) is 0 Å². The third-order valence-electron chi connectivity index (χ3n) is 3.92. The number of aromatic nitrogens is 1. The van der Waals surface area contributed by atoms with Crippen molar-refractivity contribution in [2.45, 2.75) is 12.8 Å². The smallest absolute Gasteiger partial charge is 0.0872 e. The van der Waals surface area contributed by atoms with Crippen molar-refractivity contribution < 1.29 is 0 Å². The van der Waals surface area contributed by atoms with E-state index in [-0.39, 0.29) is 0 Å². The summed E-state index contributed by atoms with van der Waals surface area (Å²) in [5.74, 6) is 0. The predicted molar refractivity (Wildman–Crippen MR) is 91.7 cm³/mol. The topological polar surface area (TPSA) is 40.9 Å². The molecule has 0 spiro atoms. The first kappa shape index (κ1) is 13.4.